The highest BCUT2D eigenvalue weighted by atomic mass is 35.5. The summed E-state index contributed by atoms with van der Waals surface area (Å²) in [4.78, 5) is 0. The van der Waals surface area contributed by atoms with Crippen molar-refractivity contribution in [2.45, 2.75) is 37.4 Å². The van der Waals surface area contributed by atoms with Crippen molar-refractivity contribution in [3.8, 4) is 0 Å². The van der Waals surface area contributed by atoms with E-state index in [9.17, 15) is 8.78 Å². The Balaban J connectivity index is 0. The molecule has 2 heterocycles. The van der Waals surface area contributed by atoms with E-state index in [0.717, 1.165) is 25.9 Å². The van der Waals surface area contributed by atoms with Crippen LogP contribution in [-0.2, 0) is 9.47 Å². The zero-order valence-corrected chi connectivity index (χ0v) is 13.6. The van der Waals surface area contributed by atoms with Crippen LogP contribution in [0.1, 0.15) is 12.8 Å². The van der Waals surface area contributed by atoms with Gasteiger partial charge in [0.1, 0.15) is 12.3 Å². The molecular formula is C12H26Cl2F2N2O2. The fraction of sp³-hybridized carbons (Fsp3) is 1.00. The zero-order chi connectivity index (χ0) is 13.4. The van der Waals surface area contributed by atoms with Gasteiger partial charge in [-0.05, 0) is 25.9 Å². The molecule has 0 aromatic rings. The lowest BCUT2D eigenvalue weighted by molar-refractivity contribution is 0.0132. The molecule has 124 valence electrons. The molecule has 0 spiro atoms. The number of nitrogens with one attached hydrogen (secondary N) is 2. The second-order valence-corrected chi connectivity index (χ2v) is 4.57. The molecule has 2 aliphatic rings. The zero-order valence-electron chi connectivity index (χ0n) is 11.9. The molecule has 20 heavy (non-hydrogen) atoms. The van der Waals surface area contributed by atoms with Gasteiger partial charge in [-0.2, -0.15) is 0 Å². The van der Waals surface area contributed by atoms with E-state index in [-0.39, 0.29) is 37.0 Å². The normalized spacial score (nSPS) is 33.0. The first-order chi connectivity index (χ1) is 8.69. The molecule has 0 radical (unpaired) electrons. The summed E-state index contributed by atoms with van der Waals surface area (Å²) >= 11 is 0. The van der Waals surface area contributed by atoms with E-state index in [0.29, 0.717) is 13.1 Å². The smallest absolute Gasteiger partial charge is 0.139 e. The van der Waals surface area contributed by atoms with Gasteiger partial charge >= 0.3 is 0 Å². The number of ether oxygens (including phenoxy) is 2. The lowest BCUT2D eigenvalue weighted by Gasteiger charge is -2.24. The molecule has 0 aromatic heterocycles. The van der Waals surface area contributed by atoms with E-state index in [2.05, 4.69) is 10.6 Å². The third kappa shape index (κ3) is 7.90. The van der Waals surface area contributed by atoms with Gasteiger partial charge in [0.2, 0.25) is 0 Å². The molecule has 2 aliphatic heterocycles. The van der Waals surface area contributed by atoms with Crippen molar-refractivity contribution in [1.29, 1.82) is 0 Å². The van der Waals surface area contributed by atoms with Crippen molar-refractivity contribution in [3.05, 3.63) is 0 Å². The predicted molar refractivity (Wildman–Crippen MR) is 80.9 cm³/mol. The number of hydrogen-bond acceptors (Lipinski definition) is 4. The Morgan fingerprint density at radius 2 is 1.15 bits per heavy atom. The highest BCUT2D eigenvalue weighted by Gasteiger charge is 2.24. The summed E-state index contributed by atoms with van der Waals surface area (Å²) in [5.41, 5.74) is 0. The van der Waals surface area contributed by atoms with Crippen molar-refractivity contribution in [2.75, 3.05) is 40.4 Å². The number of methoxy groups -OCH3 is 2. The van der Waals surface area contributed by atoms with Crippen molar-refractivity contribution in [3.63, 3.8) is 0 Å². The maximum atomic E-state index is 12.7. The van der Waals surface area contributed by atoms with Gasteiger partial charge in [0.05, 0.1) is 12.2 Å². The average Bonchev–Trinajstić information content (AvgIpc) is 2.41. The quantitative estimate of drug-likeness (QED) is 0.800. The predicted octanol–water partition coefficient (Wildman–Crippen LogP) is 1.51. The lowest BCUT2D eigenvalue weighted by atomic mass is 10.1. The van der Waals surface area contributed by atoms with E-state index in [4.69, 9.17) is 9.47 Å². The van der Waals surface area contributed by atoms with Crippen LogP contribution < -0.4 is 10.6 Å². The van der Waals surface area contributed by atoms with Crippen LogP contribution in [0.3, 0.4) is 0 Å². The minimum absolute atomic E-state index is 0. The number of halogens is 4. The van der Waals surface area contributed by atoms with Gasteiger partial charge in [-0.25, -0.2) is 8.78 Å². The number of alkyl halides is 2. The topological polar surface area (TPSA) is 42.5 Å². The average molecular weight is 339 g/mol. The molecule has 0 amide bonds. The molecule has 0 aromatic carbocycles. The number of piperidine rings is 2. The second-order valence-electron chi connectivity index (χ2n) is 4.57. The Hall–Kier alpha value is 0.280. The third-order valence-corrected chi connectivity index (χ3v) is 3.30. The summed E-state index contributed by atoms with van der Waals surface area (Å²) < 4.78 is 35.1. The first-order valence-electron chi connectivity index (χ1n) is 6.44. The van der Waals surface area contributed by atoms with Gasteiger partial charge in [-0.3, -0.25) is 0 Å². The van der Waals surface area contributed by atoms with Crippen molar-refractivity contribution < 1.29 is 18.3 Å². The molecular weight excluding hydrogens is 313 g/mol. The molecule has 0 unspecified atom stereocenters. The molecule has 4 atom stereocenters. The SMILES string of the molecule is CO[C@@H]1CCNC[C@@H]1F.CO[C@H]1CCNC[C@H]1F.Cl.Cl. The monoisotopic (exact) mass is 338 g/mol. The van der Waals surface area contributed by atoms with Gasteiger partial charge in [-0.15, -0.1) is 24.8 Å². The Labute approximate surface area is 132 Å². The first-order valence-corrected chi connectivity index (χ1v) is 6.44. The first kappa shape index (κ1) is 22.6. The van der Waals surface area contributed by atoms with E-state index >= 15 is 0 Å². The minimum Gasteiger partial charge on any atom is -0.378 e. The minimum atomic E-state index is -0.816. The van der Waals surface area contributed by atoms with Crippen LogP contribution in [0, 0.1) is 0 Å². The van der Waals surface area contributed by atoms with Gasteiger partial charge < -0.3 is 20.1 Å². The fourth-order valence-electron chi connectivity index (χ4n) is 2.12. The molecule has 2 rings (SSSR count). The Bertz CT molecular complexity index is 210. The van der Waals surface area contributed by atoms with Crippen molar-refractivity contribution >= 4 is 24.8 Å². The van der Waals surface area contributed by atoms with Crippen LogP contribution in [0.25, 0.3) is 0 Å². The maximum Gasteiger partial charge on any atom is 0.139 e. The molecule has 4 nitrogen and oxygen atoms in total. The lowest BCUT2D eigenvalue weighted by Crippen LogP contribution is -2.42. The third-order valence-electron chi connectivity index (χ3n) is 3.30. The summed E-state index contributed by atoms with van der Waals surface area (Å²) in [7, 11) is 3.12. The summed E-state index contributed by atoms with van der Waals surface area (Å²) in [6.07, 6.45) is -0.403. The standard InChI is InChI=1S/2C6H12FNO.2ClH/c2*1-9-6-2-3-8-4-5(6)7;;/h2*5-6,8H,2-4H2,1H3;2*1H/t2*5-,6+;;/m10../s1. The van der Waals surface area contributed by atoms with Crippen LogP contribution in [0.4, 0.5) is 8.78 Å². The Kier molecular flexibility index (Phi) is 14.6. The molecule has 0 saturated carbocycles. The van der Waals surface area contributed by atoms with Gasteiger partial charge in [-0.1, -0.05) is 0 Å². The maximum absolute atomic E-state index is 12.7. The van der Waals surface area contributed by atoms with Crippen LogP contribution in [-0.4, -0.2) is 64.9 Å². The van der Waals surface area contributed by atoms with Crippen LogP contribution in [0.15, 0.2) is 0 Å². The summed E-state index contributed by atoms with van der Waals surface area (Å²) in [6, 6.07) is 0. The molecule has 8 heteroatoms. The van der Waals surface area contributed by atoms with Crippen molar-refractivity contribution in [1.82, 2.24) is 10.6 Å². The summed E-state index contributed by atoms with van der Waals surface area (Å²) in [6.45, 7) is 2.63. The molecule has 2 saturated heterocycles. The summed E-state index contributed by atoms with van der Waals surface area (Å²) in [5, 5.41) is 5.89. The molecule has 0 bridgehead atoms. The summed E-state index contributed by atoms with van der Waals surface area (Å²) in [5.74, 6) is 0. The van der Waals surface area contributed by atoms with E-state index < -0.39 is 12.3 Å². The highest BCUT2D eigenvalue weighted by Crippen LogP contribution is 2.10. The van der Waals surface area contributed by atoms with E-state index in [1.54, 1.807) is 14.2 Å². The number of rotatable bonds is 2. The highest BCUT2D eigenvalue weighted by molar-refractivity contribution is 5.85. The van der Waals surface area contributed by atoms with Gasteiger partial charge in [0, 0.05) is 27.3 Å². The molecule has 2 N–H and O–H groups in total. The second kappa shape index (κ2) is 13.0. The van der Waals surface area contributed by atoms with E-state index in [1.807, 2.05) is 0 Å². The van der Waals surface area contributed by atoms with Crippen LogP contribution >= 0.6 is 24.8 Å². The van der Waals surface area contributed by atoms with Crippen molar-refractivity contribution in [2.24, 2.45) is 0 Å². The van der Waals surface area contributed by atoms with Gasteiger partial charge in [0.15, 0.2) is 0 Å². The van der Waals surface area contributed by atoms with E-state index in [1.165, 1.54) is 0 Å². The van der Waals surface area contributed by atoms with Crippen LogP contribution in [0.5, 0.6) is 0 Å². The molecule has 0 aliphatic carbocycles. The Morgan fingerprint density at radius 1 is 0.800 bits per heavy atom. The number of hydrogen-bond donors (Lipinski definition) is 2. The largest absolute Gasteiger partial charge is 0.378 e. The van der Waals surface area contributed by atoms with Gasteiger partial charge in [0.25, 0.3) is 0 Å². The fourth-order valence-corrected chi connectivity index (χ4v) is 2.12. The molecule has 2 fully saturated rings. The Morgan fingerprint density at radius 3 is 1.35 bits per heavy atom. The van der Waals surface area contributed by atoms with Crippen LogP contribution in [0.2, 0.25) is 0 Å².